The van der Waals surface area contributed by atoms with Gasteiger partial charge in [0.1, 0.15) is 5.92 Å². The van der Waals surface area contributed by atoms with Crippen molar-refractivity contribution < 1.29 is 14.2 Å². The molecule has 3 unspecified atom stereocenters. The zero-order chi connectivity index (χ0) is 21.2. The molecule has 0 aliphatic heterocycles. The molecule has 3 atom stereocenters. The molecular formula is C22H22N4O3. The van der Waals surface area contributed by atoms with Gasteiger partial charge in [0, 0.05) is 5.92 Å². The molecule has 0 saturated heterocycles. The Bertz CT molecular complexity index is 954. The Balaban J connectivity index is 2.31. The summed E-state index contributed by atoms with van der Waals surface area (Å²) in [5.41, 5.74) is -0.414. The molecule has 1 aromatic rings. The van der Waals surface area contributed by atoms with Gasteiger partial charge in [0.2, 0.25) is 5.75 Å². The number of allylic oxidation sites excluding steroid dienone is 2. The summed E-state index contributed by atoms with van der Waals surface area (Å²) in [6.07, 6.45) is 4.46. The molecule has 1 fully saturated rings. The predicted octanol–water partition coefficient (Wildman–Crippen LogP) is 3.73. The summed E-state index contributed by atoms with van der Waals surface area (Å²) in [5.74, 6) is -0.403. The summed E-state index contributed by atoms with van der Waals surface area (Å²) in [6, 6.07) is 9.80. The zero-order valence-electron chi connectivity index (χ0n) is 16.7. The van der Waals surface area contributed by atoms with Gasteiger partial charge in [-0.2, -0.15) is 15.8 Å². The molecule has 0 radical (unpaired) electrons. The van der Waals surface area contributed by atoms with Crippen LogP contribution in [-0.4, -0.2) is 27.0 Å². The van der Waals surface area contributed by atoms with Gasteiger partial charge in [0.15, 0.2) is 16.9 Å². The van der Waals surface area contributed by atoms with E-state index in [9.17, 15) is 15.8 Å². The number of rotatable bonds is 4. The molecule has 2 aliphatic rings. The lowest BCUT2D eigenvalue weighted by molar-refractivity contribution is 0.307. The lowest BCUT2D eigenvalue weighted by atomic mass is 9.53. The molecule has 7 heteroatoms. The molecule has 1 N–H and O–H groups in total. The van der Waals surface area contributed by atoms with E-state index in [1.807, 2.05) is 6.08 Å². The third-order valence-corrected chi connectivity index (χ3v) is 5.97. The molecular weight excluding hydrogens is 368 g/mol. The molecule has 7 nitrogen and oxygen atoms in total. The molecule has 1 saturated carbocycles. The molecule has 2 aliphatic carbocycles. The van der Waals surface area contributed by atoms with Gasteiger partial charge in [0.25, 0.3) is 0 Å². The number of nitrogens with one attached hydrogen (secondary N) is 1. The second-order valence-electron chi connectivity index (χ2n) is 7.19. The van der Waals surface area contributed by atoms with E-state index in [2.05, 4.69) is 18.2 Å². The van der Waals surface area contributed by atoms with Crippen LogP contribution in [0.15, 0.2) is 23.8 Å². The highest BCUT2D eigenvalue weighted by molar-refractivity contribution is 6.00. The Labute approximate surface area is 170 Å². The van der Waals surface area contributed by atoms with Crippen molar-refractivity contribution in [3.63, 3.8) is 0 Å². The van der Waals surface area contributed by atoms with Crippen molar-refractivity contribution in [3.05, 3.63) is 29.3 Å². The highest BCUT2D eigenvalue weighted by Crippen LogP contribution is 2.56. The minimum atomic E-state index is -1.75. The number of methoxy groups -OCH3 is 3. The number of hydrogen-bond acceptors (Lipinski definition) is 7. The summed E-state index contributed by atoms with van der Waals surface area (Å²) in [6.45, 7) is 0. The standard InChI is InChI=1S/C22H22N4O3/c1-27-17-8-13(9-18(28-2)20(17)29-3)19-15-7-5-4-6-14(15)16(10-23)21(26)22(19,11-24)12-25/h6,8-9,15-16,19,26H,4-5,7H2,1-3H3. The fraction of sp³-hybridized carbons (Fsp3) is 0.455. The Morgan fingerprint density at radius 1 is 1.03 bits per heavy atom. The lowest BCUT2D eigenvalue weighted by Crippen LogP contribution is -2.48. The first kappa shape index (κ1) is 20.2. The molecule has 148 valence electrons. The molecule has 0 amide bonds. The summed E-state index contributed by atoms with van der Waals surface area (Å²) < 4.78 is 16.3. The summed E-state index contributed by atoms with van der Waals surface area (Å²) in [4.78, 5) is 0. The van der Waals surface area contributed by atoms with Gasteiger partial charge in [-0.25, -0.2) is 0 Å². The number of nitriles is 3. The van der Waals surface area contributed by atoms with E-state index in [4.69, 9.17) is 19.6 Å². The second kappa shape index (κ2) is 7.86. The van der Waals surface area contributed by atoms with Crippen LogP contribution in [0.1, 0.15) is 30.7 Å². The SMILES string of the molecule is COc1cc(C2C3CCCC=C3C(C#N)C(=N)C2(C#N)C#N)cc(OC)c1OC. The van der Waals surface area contributed by atoms with Gasteiger partial charge in [0.05, 0.1) is 45.2 Å². The maximum absolute atomic E-state index is 10.1. The van der Waals surface area contributed by atoms with Gasteiger partial charge >= 0.3 is 0 Å². The number of hydrogen-bond donors (Lipinski definition) is 1. The van der Waals surface area contributed by atoms with Crippen LogP contribution in [0.5, 0.6) is 17.2 Å². The summed E-state index contributed by atoms with van der Waals surface area (Å²) in [5, 5.41) is 38.5. The number of ether oxygens (including phenoxy) is 3. The highest BCUT2D eigenvalue weighted by atomic mass is 16.5. The molecule has 0 bridgehead atoms. The number of benzene rings is 1. The minimum Gasteiger partial charge on any atom is -0.493 e. The molecule has 0 spiro atoms. The van der Waals surface area contributed by atoms with Crippen LogP contribution in [0.2, 0.25) is 0 Å². The third-order valence-electron chi connectivity index (χ3n) is 5.97. The molecule has 1 aromatic carbocycles. The van der Waals surface area contributed by atoms with E-state index >= 15 is 0 Å². The highest BCUT2D eigenvalue weighted by Gasteiger charge is 2.57. The van der Waals surface area contributed by atoms with Gasteiger partial charge in [-0.15, -0.1) is 0 Å². The van der Waals surface area contributed by atoms with Crippen molar-refractivity contribution in [2.24, 2.45) is 17.3 Å². The van der Waals surface area contributed by atoms with Crippen LogP contribution in [0.4, 0.5) is 0 Å². The van der Waals surface area contributed by atoms with Crippen molar-refractivity contribution in [1.29, 1.82) is 21.2 Å². The second-order valence-corrected chi connectivity index (χ2v) is 7.19. The topological polar surface area (TPSA) is 123 Å². The first-order valence-corrected chi connectivity index (χ1v) is 9.33. The van der Waals surface area contributed by atoms with Crippen molar-refractivity contribution in [1.82, 2.24) is 0 Å². The van der Waals surface area contributed by atoms with E-state index in [1.54, 1.807) is 12.1 Å². The lowest BCUT2D eigenvalue weighted by Gasteiger charge is -2.45. The van der Waals surface area contributed by atoms with Gasteiger partial charge in [-0.05, 0) is 48.4 Å². The molecule has 0 heterocycles. The van der Waals surface area contributed by atoms with Crippen molar-refractivity contribution >= 4 is 5.71 Å². The normalized spacial score (nSPS) is 24.8. The van der Waals surface area contributed by atoms with E-state index in [0.717, 1.165) is 24.8 Å². The van der Waals surface area contributed by atoms with Gasteiger partial charge in [-0.3, -0.25) is 0 Å². The van der Waals surface area contributed by atoms with Crippen LogP contribution in [0.3, 0.4) is 0 Å². The predicted molar refractivity (Wildman–Crippen MR) is 105 cm³/mol. The van der Waals surface area contributed by atoms with Crippen LogP contribution in [-0.2, 0) is 0 Å². The molecule has 0 aromatic heterocycles. The average Bonchev–Trinajstić information content (AvgIpc) is 2.77. The molecule has 29 heavy (non-hydrogen) atoms. The average molecular weight is 390 g/mol. The minimum absolute atomic E-state index is 0.159. The quantitative estimate of drug-likeness (QED) is 0.781. The van der Waals surface area contributed by atoms with E-state index in [0.29, 0.717) is 22.8 Å². The Hall–Kier alpha value is -3.50. The monoisotopic (exact) mass is 390 g/mol. The van der Waals surface area contributed by atoms with E-state index < -0.39 is 17.3 Å². The Morgan fingerprint density at radius 2 is 1.66 bits per heavy atom. The summed E-state index contributed by atoms with van der Waals surface area (Å²) >= 11 is 0. The largest absolute Gasteiger partial charge is 0.493 e. The van der Waals surface area contributed by atoms with Crippen LogP contribution in [0.25, 0.3) is 0 Å². The molecule has 3 rings (SSSR count). The first-order chi connectivity index (χ1) is 14.0. The number of fused-ring (bicyclic) bond motifs is 1. The fourth-order valence-electron chi connectivity index (χ4n) is 4.67. The Kier molecular flexibility index (Phi) is 5.48. The van der Waals surface area contributed by atoms with Crippen molar-refractivity contribution in [3.8, 4) is 35.5 Å². The first-order valence-electron chi connectivity index (χ1n) is 9.33. The van der Waals surface area contributed by atoms with E-state index in [-0.39, 0.29) is 11.6 Å². The number of nitrogens with zero attached hydrogens (tertiary/aromatic N) is 3. The third kappa shape index (κ3) is 2.89. The Morgan fingerprint density at radius 3 is 2.14 bits per heavy atom. The van der Waals surface area contributed by atoms with Crippen LogP contribution in [0, 0.1) is 56.7 Å². The maximum atomic E-state index is 10.1. The van der Waals surface area contributed by atoms with Gasteiger partial charge < -0.3 is 19.6 Å². The fourth-order valence-corrected chi connectivity index (χ4v) is 4.67. The maximum Gasteiger partial charge on any atom is 0.203 e. The van der Waals surface area contributed by atoms with Gasteiger partial charge in [-0.1, -0.05) is 6.08 Å². The van der Waals surface area contributed by atoms with Crippen molar-refractivity contribution in [2.45, 2.75) is 25.2 Å². The summed E-state index contributed by atoms with van der Waals surface area (Å²) in [7, 11) is 4.51. The smallest absolute Gasteiger partial charge is 0.203 e. The van der Waals surface area contributed by atoms with Crippen LogP contribution < -0.4 is 14.2 Å². The zero-order valence-corrected chi connectivity index (χ0v) is 16.7. The van der Waals surface area contributed by atoms with E-state index in [1.165, 1.54) is 21.3 Å². The van der Waals surface area contributed by atoms with Crippen molar-refractivity contribution in [2.75, 3.05) is 21.3 Å². The van der Waals surface area contributed by atoms with Crippen LogP contribution >= 0.6 is 0 Å².